The fourth-order valence-corrected chi connectivity index (χ4v) is 5.86. The highest BCUT2D eigenvalue weighted by Crippen LogP contribution is 2.87. The molecule has 0 heterocycles. The van der Waals surface area contributed by atoms with Crippen molar-refractivity contribution in [2.24, 2.45) is 10.8 Å². The predicted molar refractivity (Wildman–Crippen MR) is 70.4 cm³/mol. The Labute approximate surface area is 199 Å². The first-order valence-corrected chi connectivity index (χ1v) is 9.48. The van der Waals surface area contributed by atoms with E-state index in [-0.39, 0.29) is 0 Å². The van der Waals surface area contributed by atoms with E-state index in [0.29, 0.717) is 0 Å². The Morgan fingerprint density at radius 2 is 0.350 bits per heavy atom. The molecule has 0 saturated heterocycles. The maximum absolute atomic E-state index is 14.8. The van der Waals surface area contributed by atoms with E-state index in [4.69, 9.17) is 0 Å². The Morgan fingerprint density at radius 1 is 0.225 bits per heavy atom. The van der Waals surface area contributed by atoms with Gasteiger partial charge in [0.2, 0.25) is 0 Å². The first-order chi connectivity index (χ1) is 16.7. The van der Waals surface area contributed by atoms with Crippen molar-refractivity contribution < 1.29 is 118 Å². The fraction of sp³-hybridized carbons (Fsp3) is 1.00. The van der Waals surface area contributed by atoms with Gasteiger partial charge in [-0.05, 0) is 0 Å². The summed E-state index contributed by atoms with van der Waals surface area (Å²) < 4.78 is 358. The summed E-state index contributed by atoms with van der Waals surface area (Å²) >= 11 is 0. The molecule has 0 radical (unpaired) electrons. The number of hydrogen-bond donors (Lipinski definition) is 0. The van der Waals surface area contributed by atoms with Crippen molar-refractivity contribution in [3.63, 3.8) is 0 Å². The quantitative estimate of drug-likeness (QED) is 0.204. The minimum atomic E-state index is -10.6. The van der Waals surface area contributed by atoms with Gasteiger partial charge in [-0.25, -0.2) is 0 Å². The first-order valence-electron chi connectivity index (χ1n) is 8.10. The van der Waals surface area contributed by atoms with E-state index in [1.54, 1.807) is 0 Å². The summed E-state index contributed by atoms with van der Waals surface area (Å²) in [4.78, 5) is 0. The molecule has 0 aromatic rings. The molecule has 2 unspecified atom stereocenters. The van der Waals surface area contributed by atoms with Gasteiger partial charge >= 0.3 is 71.1 Å². The molecule has 242 valence electrons. The second kappa shape index (κ2) is 9.27. The average molecular weight is 689 g/mol. The van der Waals surface area contributed by atoms with Crippen LogP contribution in [0, 0.1) is 10.8 Å². The van der Waals surface area contributed by atoms with Crippen LogP contribution in [0.25, 0.3) is 0 Å². The Hall–Kier alpha value is -1.46. The summed E-state index contributed by atoms with van der Waals surface area (Å²) in [5, 5.41) is -20.1. The van der Waals surface area contributed by atoms with Crippen LogP contribution in [-0.2, 0) is 0 Å². The molecule has 0 saturated carbocycles. The molecule has 0 fully saturated rings. The topological polar surface area (TPSA) is 0 Å². The minimum Gasteiger partial charge on any atom is -0.184 e. The third-order valence-electron chi connectivity index (χ3n) is 4.97. The van der Waals surface area contributed by atoms with Crippen LogP contribution in [0.3, 0.4) is 0 Å². The van der Waals surface area contributed by atoms with Gasteiger partial charge in [-0.2, -0.15) is 114 Å². The van der Waals surface area contributed by atoms with Crippen LogP contribution >= 0.6 is 8.23 Å². The van der Waals surface area contributed by atoms with Crippen LogP contribution in [0.5, 0.6) is 0 Å². The fourth-order valence-electron chi connectivity index (χ4n) is 3.38. The van der Waals surface area contributed by atoms with Gasteiger partial charge in [-0.3, -0.25) is 0 Å². The number of hydrogen-bond acceptors (Lipinski definition) is 0. The monoisotopic (exact) mass is 689 g/mol. The third-order valence-corrected chi connectivity index (χ3v) is 7.50. The normalized spacial score (nSPS) is 20.2. The third kappa shape index (κ3) is 4.57. The molecule has 0 bridgehead atoms. The lowest BCUT2D eigenvalue weighted by Gasteiger charge is -2.50. The molecule has 0 aliphatic rings. The highest BCUT2D eigenvalue weighted by atomic mass is 31.2. The van der Waals surface area contributed by atoms with Gasteiger partial charge < -0.3 is 0 Å². The zero-order valence-corrected chi connectivity index (χ0v) is 17.7. The molecule has 0 aromatic carbocycles. The van der Waals surface area contributed by atoms with E-state index in [0.717, 1.165) is 0 Å². The SMILES string of the molecule is F[PH+](C(F)(C(F)(F)F)C(C(F)(F)F)(C(F)(F)F)C(F)(F)F)C(F)(C(F)(F)F)C(C(F)(F)F)(C(F)(F)F)C(F)(F)F. The summed E-state index contributed by atoms with van der Waals surface area (Å²) in [5.41, 5.74) is -19.9. The molecule has 0 spiro atoms. The molecule has 0 amide bonds. The lowest BCUT2D eigenvalue weighted by molar-refractivity contribution is -0.478. The van der Waals surface area contributed by atoms with Crippen LogP contribution in [0.2, 0.25) is 0 Å². The maximum Gasteiger partial charge on any atom is 0.463 e. The Morgan fingerprint density at radius 3 is 0.425 bits per heavy atom. The van der Waals surface area contributed by atoms with E-state index >= 15 is 0 Å². The molecule has 0 aromatic heterocycles. The van der Waals surface area contributed by atoms with Crippen molar-refractivity contribution in [2.75, 3.05) is 0 Å². The van der Waals surface area contributed by atoms with Crippen LogP contribution < -0.4 is 0 Å². The second-order valence-electron chi connectivity index (χ2n) is 7.11. The van der Waals surface area contributed by atoms with E-state index in [2.05, 4.69) is 0 Å². The molecule has 28 heteroatoms. The zero-order valence-electron chi connectivity index (χ0n) is 16.7. The van der Waals surface area contributed by atoms with Gasteiger partial charge in [0, 0.05) is 0 Å². The molecule has 40 heavy (non-hydrogen) atoms. The smallest absolute Gasteiger partial charge is 0.184 e. The van der Waals surface area contributed by atoms with Crippen molar-refractivity contribution in [3.8, 4) is 0 Å². The van der Waals surface area contributed by atoms with Crippen LogP contribution in [0.15, 0.2) is 0 Å². The van der Waals surface area contributed by atoms with Crippen molar-refractivity contribution in [3.05, 3.63) is 0 Å². The van der Waals surface area contributed by atoms with Gasteiger partial charge in [-0.15, -0.1) is 0 Å². The molecular formula is C12HF27P+. The van der Waals surface area contributed by atoms with Crippen molar-refractivity contribution in [1.82, 2.24) is 0 Å². The molecule has 0 rings (SSSR count). The first kappa shape index (κ1) is 38.5. The Bertz CT molecular complexity index is 750. The van der Waals surface area contributed by atoms with E-state index in [1.165, 1.54) is 0 Å². The molecule has 0 nitrogen and oxygen atoms in total. The van der Waals surface area contributed by atoms with Crippen LogP contribution in [-0.4, -0.2) is 60.2 Å². The van der Waals surface area contributed by atoms with Crippen LogP contribution in [0.4, 0.5) is 118 Å². The van der Waals surface area contributed by atoms with Crippen molar-refractivity contribution in [1.29, 1.82) is 0 Å². The van der Waals surface area contributed by atoms with Gasteiger partial charge in [0.25, 0.3) is 8.23 Å². The Kier molecular flexibility index (Phi) is 8.93. The highest BCUT2D eigenvalue weighted by Gasteiger charge is 3.10. The Balaban J connectivity index is 9.17. The largest absolute Gasteiger partial charge is 0.463 e. The van der Waals surface area contributed by atoms with Gasteiger partial charge in [-0.1, -0.05) is 4.20 Å². The van der Waals surface area contributed by atoms with Crippen molar-refractivity contribution in [2.45, 2.75) is 60.2 Å². The van der Waals surface area contributed by atoms with Gasteiger partial charge in [0.05, 0.1) is 0 Å². The number of alkyl halides is 26. The minimum absolute atomic E-state index is 9.38. The molecule has 2 atom stereocenters. The lowest BCUT2D eigenvalue weighted by atomic mass is 9.78. The number of rotatable bonds is 4. The summed E-state index contributed by atoms with van der Waals surface area (Å²) in [6.45, 7) is 0. The van der Waals surface area contributed by atoms with Gasteiger partial charge in [0.1, 0.15) is 0 Å². The average Bonchev–Trinajstić information content (AvgIpc) is 2.50. The standard InChI is InChI=1S/C12F27P/c13-3(11(33,34)35,1(5(15,16)17,6(18,19)20)7(21,22)23)40(39)4(14,12(36,37)38)2(8(24,25)26,9(27,28)29)10(30,31)32/p+1. The van der Waals surface area contributed by atoms with E-state index in [9.17, 15) is 118 Å². The summed E-state index contributed by atoms with van der Waals surface area (Å²) in [6.07, 6.45) is -75.2. The number of halogens is 27. The maximum atomic E-state index is 14.8. The molecule has 0 aliphatic heterocycles. The second-order valence-corrected chi connectivity index (χ2v) is 9.12. The van der Waals surface area contributed by atoms with Crippen LogP contribution in [0.1, 0.15) is 0 Å². The zero-order chi connectivity index (χ0) is 33.6. The summed E-state index contributed by atoms with van der Waals surface area (Å²) in [7, 11) is -10.6. The van der Waals surface area contributed by atoms with E-state index in [1.807, 2.05) is 0 Å². The molecular weight excluding hydrogens is 688 g/mol. The highest BCUT2D eigenvalue weighted by molar-refractivity contribution is 7.55. The summed E-state index contributed by atoms with van der Waals surface area (Å²) in [5.74, 6) is 0. The van der Waals surface area contributed by atoms with Gasteiger partial charge in [0.15, 0.2) is 0 Å². The van der Waals surface area contributed by atoms with E-state index < -0.39 is 79.3 Å². The summed E-state index contributed by atoms with van der Waals surface area (Å²) in [6, 6.07) is 0. The lowest BCUT2D eigenvalue weighted by Crippen LogP contribution is -2.78. The molecule has 0 N–H and O–H groups in total. The molecule has 0 aliphatic carbocycles. The predicted octanol–water partition coefficient (Wildman–Crippen LogP) is 9.89. The van der Waals surface area contributed by atoms with Crippen molar-refractivity contribution >= 4 is 8.23 Å².